The zero-order valence-electron chi connectivity index (χ0n) is 24.9. The second-order valence-electron chi connectivity index (χ2n) is 11.9. The minimum Gasteiger partial charge on any atom is -0.394 e. The van der Waals surface area contributed by atoms with Gasteiger partial charge in [-0.1, -0.05) is 59.8 Å². The van der Waals surface area contributed by atoms with E-state index in [0.29, 0.717) is 31.3 Å². The number of aliphatic hydroxyl groups excluding tert-OH is 1. The zero-order chi connectivity index (χ0) is 31.0. The number of aromatic nitrogens is 3. The van der Waals surface area contributed by atoms with Crippen LogP contribution in [0.3, 0.4) is 0 Å². The highest BCUT2D eigenvalue weighted by Gasteiger charge is 2.75. The summed E-state index contributed by atoms with van der Waals surface area (Å²) in [7, 11) is 1.68. The standard InChI is InChI=1S/C33H38N6O5/c1-4-17-36(3)30(41)27-26-15-16-33(44-26)28(27)31(42)39(23(20-40)19-22-11-7-6-8-12-22)29(33)32(43)37(18-5-2)21-38-25-14-10-9-13-24(25)34-35-38/h4-14,23,26-29,40H,1-2,15-21H2,3H3/t23-,26-,27+,28+,29?,33?/m1/s1. The fourth-order valence-electron chi connectivity index (χ4n) is 7.45. The number of likely N-dealkylation sites (N-methyl/N-ethyl adjacent to an activating group) is 1. The first-order valence-corrected chi connectivity index (χ1v) is 15.0. The van der Waals surface area contributed by atoms with Crippen molar-refractivity contribution in [2.45, 2.75) is 49.7 Å². The summed E-state index contributed by atoms with van der Waals surface area (Å²) in [6.45, 7) is 7.85. The Morgan fingerprint density at radius 2 is 1.84 bits per heavy atom. The van der Waals surface area contributed by atoms with Crippen LogP contribution in [0.25, 0.3) is 11.0 Å². The summed E-state index contributed by atoms with van der Waals surface area (Å²) in [4.78, 5) is 47.8. The van der Waals surface area contributed by atoms with E-state index in [1.165, 1.54) is 4.90 Å². The monoisotopic (exact) mass is 598 g/mol. The SMILES string of the molecule is C=CCN(C)C(=O)[C@@H]1[C@H]2C(=O)N([C@@H](CO)Cc3ccccc3)C(C(=O)N(CC=C)Cn3nnc4ccccc43)C23CC[C@H]1O3. The van der Waals surface area contributed by atoms with Gasteiger partial charge in [0.15, 0.2) is 0 Å². The van der Waals surface area contributed by atoms with Crippen molar-refractivity contribution in [3.8, 4) is 0 Å². The first-order valence-electron chi connectivity index (χ1n) is 15.0. The minimum absolute atomic E-state index is 0.0704. The van der Waals surface area contributed by atoms with Crippen LogP contribution in [0.15, 0.2) is 79.9 Å². The van der Waals surface area contributed by atoms with E-state index < -0.39 is 35.6 Å². The lowest BCUT2D eigenvalue weighted by atomic mass is 9.70. The van der Waals surface area contributed by atoms with Crippen LogP contribution >= 0.6 is 0 Å². The van der Waals surface area contributed by atoms with Crippen LogP contribution in [-0.4, -0.2) is 103 Å². The molecule has 0 aliphatic carbocycles. The molecule has 3 amide bonds. The summed E-state index contributed by atoms with van der Waals surface area (Å²) in [6.07, 6.45) is 4.13. The first-order chi connectivity index (χ1) is 21.3. The van der Waals surface area contributed by atoms with Gasteiger partial charge >= 0.3 is 0 Å². The Morgan fingerprint density at radius 3 is 2.57 bits per heavy atom. The van der Waals surface area contributed by atoms with Gasteiger partial charge in [-0.3, -0.25) is 14.4 Å². The number of hydrogen-bond acceptors (Lipinski definition) is 7. The van der Waals surface area contributed by atoms with Crippen LogP contribution in [-0.2, 0) is 32.2 Å². The fourth-order valence-corrected chi connectivity index (χ4v) is 7.45. The number of carbonyl (C=O) groups excluding carboxylic acids is 3. The molecule has 3 saturated heterocycles. The number of aliphatic hydroxyl groups is 1. The van der Waals surface area contributed by atoms with Gasteiger partial charge in [-0.25, -0.2) is 4.68 Å². The number of fused-ring (bicyclic) bond motifs is 2. The lowest BCUT2D eigenvalue weighted by Crippen LogP contribution is -2.59. The number of rotatable bonds is 12. The van der Waals surface area contributed by atoms with Crippen LogP contribution in [0.1, 0.15) is 18.4 Å². The van der Waals surface area contributed by atoms with Crippen LogP contribution in [0.2, 0.25) is 0 Å². The third-order valence-corrected chi connectivity index (χ3v) is 9.34. The molecule has 6 atom stereocenters. The molecule has 4 heterocycles. The third kappa shape index (κ3) is 4.80. The smallest absolute Gasteiger partial charge is 0.250 e. The lowest BCUT2D eigenvalue weighted by molar-refractivity contribution is -0.152. The zero-order valence-corrected chi connectivity index (χ0v) is 24.9. The first kappa shape index (κ1) is 29.7. The normalized spacial score (nSPS) is 26.0. The van der Waals surface area contributed by atoms with Crippen molar-refractivity contribution in [1.29, 1.82) is 0 Å². The van der Waals surface area contributed by atoms with E-state index in [1.807, 2.05) is 54.6 Å². The Balaban J connectivity index is 1.41. The van der Waals surface area contributed by atoms with Crippen molar-refractivity contribution in [3.63, 3.8) is 0 Å². The van der Waals surface area contributed by atoms with Crippen molar-refractivity contribution < 1.29 is 24.2 Å². The van der Waals surface area contributed by atoms with Crippen LogP contribution in [0, 0.1) is 11.8 Å². The van der Waals surface area contributed by atoms with Gasteiger partial charge in [-0.2, -0.15) is 0 Å². The Hall–Kier alpha value is -4.35. The molecule has 1 spiro atoms. The topological polar surface area (TPSA) is 121 Å². The molecule has 0 saturated carbocycles. The predicted octanol–water partition coefficient (Wildman–Crippen LogP) is 2.03. The van der Waals surface area contributed by atoms with Gasteiger partial charge in [0, 0.05) is 20.1 Å². The van der Waals surface area contributed by atoms with Crippen molar-refractivity contribution >= 4 is 28.8 Å². The highest BCUT2D eigenvalue weighted by atomic mass is 16.5. The molecule has 230 valence electrons. The molecule has 44 heavy (non-hydrogen) atoms. The van der Waals surface area contributed by atoms with E-state index in [9.17, 15) is 19.5 Å². The van der Waals surface area contributed by atoms with Crippen molar-refractivity contribution in [2.24, 2.45) is 11.8 Å². The maximum Gasteiger partial charge on any atom is 0.250 e. The average molecular weight is 599 g/mol. The van der Waals surface area contributed by atoms with E-state index in [1.54, 1.807) is 33.7 Å². The molecule has 3 aromatic rings. The molecule has 1 N–H and O–H groups in total. The number of nitrogens with zero attached hydrogens (tertiary/aromatic N) is 6. The second kappa shape index (κ2) is 12.0. The Kier molecular flexibility index (Phi) is 8.08. The van der Waals surface area contributed by atoms with E-state index in [2.05, 4.69) is 23.5 Å². The quantitative estimate of drug-likeness (QED) is 0.317. The number of likely N-dealkylation sites (tertiary alicyclic amines) is 1. The molecule has 2 aromatic carbocycles. The maximum atomic E-state index is 14.8. The van der Waals surface area contributed by atoms with Crippen LogP contribution in [0.5, 0.6) is 0 Å². The molecule has 6 rings (SSSR count). The molecular formula is C33H38N6O5. The minimum atomic E-state index is -1.21. The van der Waals surface area contributed by atoms with E-state index in [0.717, 1.165) is 11.1 Å². The number of benzene rings is 2. The van der Waals surface area contributed by atoms with Crippen LogP contribution in [0.4, 0.5) is 0 Å². The third-order valence-electron chi connectivity index (χ3n) is 9.34. The molecule has 11 nitrogen and oxygen atoms in total. The molecule has 3 fully saturated rings. The largest absolute Gasteiger partial charge is 0.394 e. The summed E-state index contributed by atoms with van der Waals surface area (Å²) in [5.41, 5.74) is 1.17. The molecule has 1 aromatic heterocycles. The molecule has 11 heteroatoms. The number of para-hydroxylation sites is 1. The summed E-state index contributed by atoms with van der Waals surface area (Å²) in [5, 5.41) is 19.2. The summed E-state index contributed by atoms with van der Waals surface area (Å²) >= 11 is 0. The van der Waals surface area contributed by atoms with Gasteiger partial charge < -0.3 is 24.5 Å². The van der Waals surface area contributed by atoms with Crippen molar-refractivity contribution in [1.82, 2.24) is 29.7 Å². The molecule has 2 bridgehead atoms. The number of carbonyl (C=O) groups is 3. The molecule has 0 radical (unpaired) electrons. The van der Waals surface area contributed by atoms with Crippen LogP contribution < -0.4 is 0 Å². The van der Waals surface area contributed by atoms with E-state index >= 15 is 0 Å². The highest BCUT2D eigenvalue weighted by molar-refractivity contribution is 5.99. The number of hydrogen-bond donors (Lipinski definition) is 1. The molecular weight excluding hydrogens is 560 g/mol. The second-order valence-corrected chi connectivity index (χ2v) is 11.9. The number of amides is 3. The Labute approximate surface area is 256 Å². The average Bonchev–Trinajstić information content (AvgIpc) is 3.79. The van der Waals surface area contributed by atoms with Gasteiger partial charge in [0.2, 0.25) is 17.7 Å². The van der Waals surface area contributed by atoms with Gasteiger partial charge in [0.1, 0.15) is 23.8 Å². The van der Waals surface area contributed by atoms with Gasteiger partial charge in [-0.05, 0) is 37.0 Å². The maximum absolute atomic E-state index is 14.8. The number of ether oxygens (including phenoxy) is 1. The lowest BCUT2D eigenvalue weighted by Gasteiger charge is -2.39. The van der Waals surface area contributed by atoms with Gasteiger partial charge in [0.05, 0.1) is 36.1 Å². The van der Waals surface area contributed by atoms with Gasteiger partial charge in [-0.15, -0.1) is 18.3 Å². The molecule has 2 unspecified atom stereocenters. The summed E-state index contributed by atoms with van der Waals surface area (Å²) in [6, 6.07) is 15.3. The predicted molar refractivity (Wildman–Crippen MR) is 163 cm³/mol. The van der Waals surface area contributed by atoms with E-state index in [4.69, 9.17) is 4.74 Å². The highest BCUT2D eigenvalue weighted by Crippen LogP contribution is 2.59. The van der Waals surface area contributed by atoms with Gasteiger partial charge in [0.25, 0.3) is 0 Å². The Morgan fingerprint density at radius 1 is 1.11 bits per heavy atom. The van der Waals surface area contributed by atoms with Crippen molar-refractivity contribution in [3.05, 3.63) is 85.5 Å². The molecule has 3 aliphatic heterocycles. The fraction of sp³-hybridized carbons (Fsp3) is 0.424. The van der Waals surface area contributed by atoms with Crippen molar-refractivity contribution in [2.75, 3.05) is 26.7 Å². The Bertz CT molecular complexity index is 1570. The molecule has 3 aliphatic rings. The summed E-state index contributed by atoms with van der Waals surface area (Å²) < 4.78 is 8.28. The van der Waals surface area contributed by atoms with E-state index in [-0.39, 0.29) is 37.5 Å². The summed E-state index contributed by atoms with van der Waals surface area (Å²) in [5.74, 6) is -2.47.